The van der Waals surface area contributed by atoms with Crippen molar-refractivity contribution in [3.63, 3.8) is 0 Å². The predicted molar refractivity (Wildman–Crippen MR) is 60.6 cm³/mol. The first-order valence-electron chi connectivity index (χ1n) is 5.48. The molecule has 0 amide bonds. The minimum absolute atomic E-state index is 0.0793. The summed E-state index contributed by atoms with van der Waals surface area (Å²) in [7, 11) is 0. The highest BCUT2D eigenvalue weighted by Crippen LogP contribution is 2.08. The van der Waals surface area contributed by atoms with Gasteiger partial charge in [-0.05, 0) is 24.5 Å². The Labute approximate surface area is 95.9 Å². The molecule has 0 saturated carbocycles. The third kappa shape index (κ3) is 4.05. The van der Waals surface area contributed by atoms with E-state index < -0.39 is 0 Å². The largest absolute Gasteiger partial charge is 0.449 e. The Morgan fingerprint density at radius 3 is 2.75 bits per heavy atom. The van der Waals surface area contributed by atoms with E-state index in [1.54, 1.807) is 12.1 Å². The first-order valence-corrected chi connectivity index (χ1v) is 5.48. The number of furan rings is 1. The second-order valence-corrected chi connectivity index (χ2v) is 4.27. The molecule has 0 spiro atoms. The number of aliphatic hydroxyl groups excluding tert-OH is 1. The molecule has 0 fully saturated rings. The van der Waals surface area contributed by atoms with Crippen LogP contribution in [0.15, 0.2) is 16.5 Å². The van der Waals surface area contributed by atoms with Gasteiger partial charge in [0.2, 0.25) is 5.76 Å². The second kappa shape index (κ2) is 6.31. The number of rotatable bonds is 6. The van der Waals surface area contributed by atoms with Crippen molar-refractivity contribution in [3.05, 3.63) is 23.7 Å². The van der Waals surface area contributed by atoms with Crippen LogP contribution >= 0.6 is 0 Å². The molecule has 16 heavy (non-hydrogen) atoms. The number of nitriles is 1. The Kier molecular flexibility index (Phi) is 5.03. The normalized spacial score (nSPS) is 12.7. The maximum Gasteiger partial charge on any atom is 0.203 e. The number of nitrogens with one attached hydrogen (secondary N) is 1. The van der Waals surface area contributed by atoms with Gasteiger partial charge in [0.15, 0.2) is 0 Å². The van der Waals surface area contributed by atoms with E-state index in [-0.39, 0.29) is 12.6 Å². The summed E-state index contributed by atoms with van der Waals surface area (Å²) in [5.74, 6) is 1.58. The van der Waals surface area contributed by atoms with E-state index in [1.165, 1.54) is 0 Å². The fraction of sp³-hybridized carbons (Fsp3) is 0.583. The molecule has 4 heteroatoms. The van der Waals surface area contributed by atoms with E-state index in [4.69, 9.17) is 14.8 Å². The van der Waals surface area contributed by atoms with Crippen molar-refractivity contribution in [2.45, 2.75) is 32.9 Å². The zero-order valence-electron chi connectivity index (χ0n) is 9.73. The van der Waals surface area contributed by atoms with Gasteiger partial charge in [0, 0.05) is 6.04 Å². The summed E-state index contributed by atoms with van der Waals surface area (Å²) in [6.45, 7) is 4.89. The quantitative estimate of drug-likeness (QED) is 0.767. The molecule has 1 aromatic rings. The Morgan fingerprint density at radius 2 is 2.25 bits per heavy atom. The van der Waals surface area contributed by atoms with Crippen molar-refractivity contribution in [2.24, 2.45) is 5.92 Å². The van der Waals surface area contributed by atoms with Gasteiger partial charge < -0.3 is 14.8 Å². The molecule has 4 nitrogen and oxygen atoms in total. The zero-order valence-corrected chi connectivity index (χ0v) is 9.73. The molecule has 1 unspecified atom stereocenters. The SMILES string of the molecule is CC(C)CC(CO)NCc1ccc(C#N)o1. The molecule has 88 valence electrons. The van der Waals surface area contributed by atoms with Crippen LogP contribution in [0.5, 0.6) is 0 Å². The van der Waals surface area contributed by atoms with Crippen molar-refractivity contribution in [2.75, 3.05) is 6.61 Å². The maximum atomic E-state index is 9.16. The minimum Gasteiger partial charge on any atom is -0.449 e. The van der Waals surface area contributed by atoms with Gasteiger partial charge in [-0.25, -0.2) is 0 Å². The smallest absolute Gasteiger partial charge is 0.203 e. The Hall–Kier alpha value is -1.31. The van der Waals surface area contributed by atoms with Crippen LogP contribution in [0.4, 0.5) is 0 Å². The van der Waals surface area contributed by atoms with Crippen molar-refractivity contribution in [1.29, 1.82) is 5.26 Å². The van der Waals surface area contributed by atoms with Gasteiger partial charge in [-0.3, -0.25) is 0 Å². The standard InChI is InChI=1S/C12H18N2O2/c1-9(2)5-10(8-15)14-7-12-4-3-11(6-13)16-12/h3-4,9-10,14-15H,5,7-8H2,1-2H3. The highest BCUT2D eigenvalue weighted by Gasteiger charge is 2.10. The Morgan fingerprint density at radius 1 is 1.50 bits per heavy atom. The van der Waals surface area contributed by atoms with E-state index in [0.29, 0.717) is 18.2 Å². The lowest BCUT2D eigenvalue weighted by molar-refractivity contribution is 0.221. The molecule has 1 atom stereocenters. The van der Waals surface area contributed by atoms with Crippen molar-refractivity contribution in [1.82, 2.24) is 5.32 Å². The highest BCUT2D eigenvalue weighted by molar-refractivity contribution is 5.18. The van der Waals surface area contributed by atoms with Gasteiger partial charge in [-0.1, -0.05) is 13.8 Å². The van der Waals surface area contributed by atoms with E-state index >= 15 is 0 Å². The molecule has 0 radical (unpaired) electrons. The lowest BCUT2D eigenvalue weighted by Crippen LogP contribution is -2.33. The van der Waals surface area contributed by atoms with Crippen molar-refractivity contribution < 1.29 is 9.52 Å². The van der Waals surface area contributed by atoms with Crippen LogP contribution < -0.4 is 5.32 Å². The van der Waals surface area contributed by atoms with Crippen LogP contribution in [0.3, 0.4) is 0 Å². The van der Waals surface area contributed by atoms with Gasteiger partial charge in [0.05, 0.1) is 13.2 Å². The average molecular weight is 222 g/mol. The summed E-state index contributed by atoms with van der Waals surface area (Å²) in [5, 5.41) is 20.9. The molecule has 2 N–H and O–H groups in total. The molecule has 0 aliphatic heterocycles. The molecular weight excluding hydrogens is 204 g/mol. The predicted octanol–water partition coefficient (Wildman–Crippen LogP) is 1.65. The number of hydrogen-bond acceptors (Lipinski definition) is 4. The molecule has 0 saturated heterocycles. The summed E-state index contributed by atoms with van der Waals surface area (Å²) in [4.78, 5) is 0. The molecule has 1 aromatic heterocycles. The minimum atomic E-state index is 0.0793. The zero-order chi connectivity index (χ0) is 12.0. The van der Waals surface area contributed by atoms with Gasteiger partial charge in [0.25, 0.3) is 0 Å². The van der Waals surface area contributed by atoms with Gasteiger partial charge in [0.1, 0.15) is 11.8 Å². The summed E-state index contributed by atoms with van der Waals surface area (Å²) in [5.41, 5.74) is 0. The molecule has 0 bridgehead atoms. The monoisotopic (exact) mass is 222 g/mol. The third-order valence-electron chi connectivity index (χ3n) is 2.31. The number of aliphatic hydroxyl groups is 1. The number of hydrogen-bond donors (Lipinski definition) is 2. The van der Waals surface area contributed by atoms with Crippen LogP contribution in [0, 0.1) is 17.2 Å². The van der Waals surface area contributed by atoms with Gasteiger partial charge in [-0.15, -0.1) is 0 Å². The molecular formula is C12H18N2O2. The van der Waals surface area contributed by atoms with Crippen LogP contribution in [0.25, 0.3) is 0 Å². The second-order valence-electron chi connectivity index (χ2n) is 4.27. The van der Waals surface area contributed by atoms with Gasteiger partial charge in [-0.2, -0.15) is 5.26 Å². The summed E-state index contributed by atoms with van der Waals surface area (Å²) in [6.07, 6.45) is 0.919. The first-order chi connectivity index (χ1) is 7.65. The molecule has 0 aromatic carbocycles. The fourth-order valence-corrected chi connectivity index (χ4v) is 1.57. The number of nitrogens with zero attached hydrogens (tertiary/aromatic N) is 1. The van der Waals surface area contributed by atoms with E-state index in [2.05, 4.69) is 19.2 Å². The Bertz CT molecular complexity index is 352. The molecule has 1 heterocycles. The van der Waals surface area contributed by atoms with Gasteiger partial charge >= 0.3 is 0 Å². The van der Waals surface area contributed by atoms with Crippen molar-refractivity contribution >= 4 is 0 Å². The van der Waals surface area contributed by atoms with Crippen LogP contribution in [0.2, 0.25) is 0 Å². The average Bonchev–Trinajstić information content (AvgIpc) is 2.71. The maximum absolute atomic E-state index is 9.16. The van der Waals surface area contributed by atoms with Crippen LogP contribution in [-0.2, 0) is 6.54 Å². The van der Waals surface area contributed by atoms with E-state index in [9.17, 15) is 0 Å². The van der Waals surface area contributed by atoms with Crippen molar-refractivity contribution in [3.8, 4) is 6.07 Å². The third-order valence-corrected chi connectivity index (χ3v) is 2.31. The molecule has 1 rings (SSSR count). The fourth-order valence-electron chi connectivity index (χ4n) is 1.57. The topological polar surface area (TPSA) is 69.2 Å². The van der Waals surface area contributed by atoms with Crippen LogP contribution in [-0.4, -0.2) is 17.8 Å². The van der Waals surface area contributed by atoms with E-state index in [1.807, 2.05) is 6.07 Å². The summed E-state index contributed by atoms with van der Waals surface area (Å²) >= 11 is 0. The van der Waals surface area contributed by atoms with Crippen LogP contribution in [0.1, 0.15) is 31.8 Å². The lowest BCUT2D eigenvalue weighted by Gasteiger charge is -2.17. The first kappa shape index (κ1) is 12.8. The Balaban J connectivity index is 2.40. The molecule has 0 aliphatic rings. The molecule has 0 aliphatic carbocycles. The highest BCUT2D eigenvalue weighted by atomic mass is 16.3. The summed E-state index contributed by atoms with van der Waals surface area (Å²) < 4.78 is 5.23. The summed E-state index contributed by atoms with van der Waals surface area (Å²) in [6, 6.07) is 5.44. The van der Waals surface area contributed by atoms with E-state index in [0.717, 1.165) is 12.2 Å². The lowest BCUT2D eigenvalue weighted by atomic mass is 10.0.